The second kappa shape index (κ2) is 9.14. The van der Waals surface area contributed by atoms with Crippen molar-refractivity contribution < 1.29 is 14.3 Å². The molecular formula is C21H30ClN3O3. The Hall–Kier alpha value is -1.79. The van der Waals surface area contributed by atoms with E-state index in [4.69, 9.17) is 16.3 Å². The molecule has 154 valence electrons. The molecule has 0 radical (unpaired) electrons. The normalized spacial score (nSPS) is 22.9. The van der Waals surface area contributed by atoms with Gasteiger partial charge >= 0.3 is 0 Å². The van der Waals surface area contributed by atoms with Crippen LogP contribution in [-0.4, -0.2) is 78.9 Å². The van der Waals surface area contributed by atoms with Gasteiger partial charge in [0.1, 0.15) is 5.75 Å². The molecule has 1 atom stereocenters. The molecule has 2 aliphatic heterocycles. The van der Waals surface area contributed by atoms with Gasteiger partial charge in [-0.3, -0.25) is 14.5 Å². The van der Waals surface area contributed by atoms with Crippen LogP contribution in [0.4, 0.5) is 0 Å². The number of amides is 2. The number of hydrogen-bond donors (Lipinski definition) is 0. The number of carbonyl (C=O) groups excluding carboxylic acids is 2. The van der Waals surface area contributed by atoms with Crippen molar-refractivity contribution in [3.05, 3.63) is 29.3 Å². The average Bonchev–Trinajstić information content (AvgIpc) is 2.91. The van der Waals surface area contributed by atoms with Crippen LogP contribution in [0.2, 0.25) is 5.02 Å². The van der Waals surface area contributed by atoms with Gasteiger partial charge in [-0.25, -0.2) is 0 Å². The molecule has 0 bridgehead atoms. The van der Waals surface area contributed by atoms with Crippen molar-refractivity contribution in [2.24, 2.45) is 0 Å². The lowest BCUT2D eigenvalue weighted by atomic mass is 9.87. The van der Waals surface area contributed by atoms with Gasteiger partial charge in [-0.15, -0.1) is 0 Å². The summed E-state index contributed by atoms with van der Waals surface area (Å²) in [5, 5.41) is 0.593. The van der Waals surface area contributed by atoms with Gasteiger partial charge in [-0.1, -0.05) is 17.7 Å². The lowest BCUT2D eigenvalue weighted by molar-refractivity contribution is -0.134. The molecule has 1 spiro atoms. The lowest BCUT2D eigenvalue weighted by Crippen LogP contribution is -2.49. The third-order valence-electron chi connectivity index (χ3n) is 5.99. The van der Waals surface area contributed by atoms with E-state index in [9.17, 15) is 9.59 Å². The van der Waals surface area contributed by atoms with Crippen molar-refractivity contribution in [2.45, 2.75) is 37.6 Å². The van der Waals surface area contributed by atoms with E-state index in [1.54, 1.807) is 37.2 Å². The van der Waals surface area contributed by atoms with Crippen molar-refractivity contribution >= 4 is 23.4 Å². The van der Waals surface area contributed by atoms with Gasteiger partial charge in [-0.2, -0.15) is 0 Å². The maximum Gasteiger partial charge on any atom is 0.260 e. The first-order valence-electron chi connectivity index (χ1n) is 10.0. The summed E-state index contributed by atoms with van der Waals surface area (Å²) in [6.45, 7) is 2.92. The Morgan fingerprint density at radius 3 is 2.61 bits per heavy atom. The second-order valence-electron chi connectivity index (χ2n) is 8.02. The van der Waals surface area contributed by atoms with Crippen LogP contribution < -0.4 is 4.74 Å². The molecule has 0 saturated carbocycles. The molecular weight excluding hydrogens is 378 g/mol. The van der Waals surface area contributed by atoms with Crippen LogP contribution in [0.5, 0.6) is 5.75 Å². The molecule has 0 N–H and O–H groups in total. The van der Waals surface area contributed by atoms with E-state index < -0.39 is 0 Å². The van der Waals surface area contributed by atoms with Gasteiger partial charge in [0.25, 0.3) is 5.91 Å². The molecule has 6 nitrogen and oxygen atoms in total. The third-order valence-corrected chi connectivity index (χ3v) is 6.23. The van der Waals surface area contributed by atoms with Gasteiger partial charge in [0.05, 0.1) is 6.54 Å². The highest BCUT2D eigenvalue weighted by atomic mass is 35.5. The molecule has 7 heteroatoms. The van der Waals surface area contributed by atoms with E-state index in [-0.39, 0.29) is 24.0 Å². The van der Waals surface area contributed by atoms with Crippen molar-refractivity contribution in [3.8, 4) is 5.75 Å². The highest BCUT2D eigenvalue weighted by Gasteiger charge is 2.42. The molecule has 2 saturated heterocycles. The standard InChI is InChI=1S/C21H30ClN3O3/c1-23(2)19(26)15-25-12-5-9-21(25)8-4-11-24(13-10-21)20(27)16-28-18-7-3-6-17(22)14-18/h3,6-7,14H,4-5,8-13,15-16H2,1-2H3. The van der Waals surface area contributed by atoms with Crippen molar-refractivity contribution in [2.75, 3.05) is 46.9 Å². The largest absolute Gasteiger partial charge is 0.484 e. The Kier molecular flexibility index (Phi) is 6.83. The predicted octanol–water partition coefficient (Wildman–Crippen LogP) is 2.65. The summed E-state index contributed by atoms with van der Waals surface area (Å²) >= 11 is 5.96. The first kappa shape index (κ1) is 20.9. The Bertz CT molecular complexity index is 712. The Labute approximate surface area is 172 Å². The second-order valence-corrected chi connectivity index (χ2v) is 8.45. The fourth-order valence-corrected chi connectivity index (χ4v) is 4.51. The minimum atomic E-state index is 0.00550. The molecule has 2 heterocycles. The number of likely N-dealkylation sites (tertiary alicyclic amines) is 2. The average molecular weight is 408 g/mol. The predicted molar refractivity (Wildman–Crippen MR) is 110 cm³/mol. The highest BCUT2D eigenvalue weighted by molar-refractivity contribution is 6.30. The maximum atomic E-state index is 12.7. The Morgan fingerprint density at radius 1 is 1.14 bits per heavy atom. The van der Waals surface area contributed by atoms with Gasteiger partial charge in [-0.05, 0) is 56.8 Å². The van der Waals surface area contributed by atoms with Gasteiger partial charge in [0.2, 0.25) is 5.91 Å². The van der Waals surface area contributed by atoms with Gasteiger partial charge in [0, 0.05) is 37.7 Å². The summed E-state index contributed by atoms with van der Waals surface area (Å²) in [6, 6.07) is 7.10. The third kappa shape index (κ3) is 4.97. The van der Waals surface area contributed by atoms with E-state index in [1.807, 2.05) is 11.0 Å². The van der Waals surface area contributed by atoms with Crippen molar-refractivity contribution in [3.63, 3.8) is 0 Å². The Balaban J connectivity index is 1.56. The number of hydrogen-bond acceptors (Lipinski definition) is 4. The molecule has 2 aliphatic rings. The van der Waals surface area contributed by atoms with E-state index in [0.29, 0.717) is 23.9 Å². The number of likely N-dealkylation sites (N-methyl/N-ethyl adjacent to an activating group) is 1. The van der Waals surface area contributed by atoms with Gasteiger partial charge in [0.15, 0.2) is 6.61 Å². The summed E-state index contributed by atoms with van der Waals surface area (Å²) in [6.07, 6.45) is 5.13. The van der Waals surface area contributed by atoms with E-state index in [1.165, 1.54) is 0 Å². The topological polar surface area (TPSA) is 53.1 Å². The van der Waals surface area contributed by atoms with Gasteiger partial charge < -0.3 is 14.5 Å². The summed E-state index contributed by atoms with van der Waals surface area (Å²) < 4.78 is 5.62. The zero-order chi connectivity index (χ0) is 20.1. The molecule has 0 aliphatic carbocycles. The van der Waals surface area contributed by atoms with Crippen LogP contribution in [-0.2, 0) is 9.59 Å². The molecule has 3 rings (SSSR count). The molecule has 28 heavy (non-hydrogen) atoms. The number of carbonyl (C=O) groups is 2. The number of nitrogens with zero attached hydrogens (tertiary/aromatic N) is 3. The lowest BCUT2D eigenvalue weighted by Gasteiger charge is -2.38. The molecule has 1 aromatic rings. The quantitative estimate of drug-likeness (QED) is 0.753. The van der Waals surface area contributed by atoms with E-state index in [2.05, 4.69) is 4.90 Å². The number of benzene rings is 1. The van der Waals surface area contributed by atoms with Crippen LogP contribution in [0.1, 0.15) is 32.1 Å². The number of ether oxygens (including phenoxy) is 1. The van der Waals surface area contributed by atoms with Crippen LogP contribution in [0.25, 0.3) is 0 Å². The SMILES string of the molecule is CN(C)C(=O)CN1CCCC12CCCN(C(=O)COc1cccc(Cl)c1)CC2. The van der Waals surface area contributed by atoms with Crippen LogP contribution >= 0.6 is 11.6 Å². The van der Waals surface area contributed by atoms with Crippen LogP contribution in [0.15, 0.2) is 24.3 Å². The molecule has 2 amide bonds. The van der Waals surface area contributed by atoms with Crippen LogP contribution in [0.3, 0.4) is 0 Å². The summed E-state index contributed by atoms with van der Waals surface area (Å²) in [5.74, 6) is 0.760. The first-order valence-corrected chi connectivity index (χ1v) is 10.4. The minimum Gasteiger partial charge on any atom is -0.484 e. The summed E-state index contributed by atoms with van der Waals surface area (Å²) in [7, 11) is 3.61. The number of halogens is 1. The molecule has 1 aromatic carbocycles. The first-order chi connectivity index (χ1) is 13.4. The summed E-state index contributed by atoms with van der Waals surface area (Å²) in [5.41, 5.74) is 0.0501. The fraction of sp³-hybridized carbons (Fsp3) is 0.619. The summed E-state index contributed by atoms with van der Waals surface area (Å²) in [4.78, 5) is 30.8. The van der Waals surface area contributed by atoms with Crippen molar-refractivity contribution in [1.82, 2.24) is 14.7 Å². The molecule has 1 unspecified atom stereocenters. The van der Waals surface area contributed by atoms with Crippen molar-refractivity contribution in [1.29, 1.82) is 0 Å². The Morgan fingerprint density at radius 2 is 1.89 bits per heavy atom. The van der Waals surface area contributed by atoms with Crippen LogP contribution in [0, 0.1) is 0 Å². The highest BCUT2D eigenvalue weighted by Crippen LogP contribution is 2.38. The zero-order valence-corrected chi connectivity index (χ0v) is 17.6. The molecule has 0 aromatic heterocycles. The maximum absolute atomic E-state index is 12.7. The monoisotopic (exact) mass is 407 g/mol. The van der Waals surface area contributed by atoms with E-state index >= 15 is 0 Å². The zero-order valence-electron chi connectivity index (χ0n) is 16.8. The van der Waals surface area contributed by atoms with E-state index in [0.717, 1.165) is 45.2 Å². The minimum absolute atomic E-state index is 0.00550. The number of rotatable bonds is 5. The molecule has 2 fully saturated rings. The fourth-order valence-electron chi connectivity index (χ4n) is 4.33. The smallest absolute Gasteiger partial charge is 0.260 e.